The highest BCUT2D eigenvalue weighted by molar-refractivity contribution is 6.94. The average molecular weight is 717 g/mol. The molecular formula is C53H41BN2. The summed E-state index contributed by atoms with van der Waals surface area (Å²) in [6.07, 6.45) is 0. The Morgan fingerprint density at radius 1 is 0.518 bits per heavy atom. The number of para-hydroxylation sites is 2. The van der Waals surface area contributed by atoms with Crippen LogP contribution >= 0.6 is 0 Å². The van der Waals surface area contributed by atoms with Crippen molar-refractivity contribution < 1.29 is 0 Å². The molecule has 9 aromatic rings. The van der Waals surface area contributed by atoms with Gasteiger partial charge in [-0.15, -0.1) is 0 Å². The van der Waals surface area contributed by atoms with E-state index in [1.807, 2.05) is 0 Å². The first-order valence-corrected chi connectivity index (χ1v) is 20.1. The fourth-order valence-corrected chi connectivity index (χ4v) is 10.6. The first-order chi connectivity index (χ1) is 27.2. The third-order valence-electron chi connectivity index (χ3n) is 13.3. The second-order valence-corrected chi connectivity index (χ2v) is 17.7. The van der Waals surface area contributed by atoms with Crippen LogP contribution < -0.4 is 15.7 Å². The van der Waals surface area contributed by atoms with E-state index in [2.05, 4.69) is 202 Å². The van der Waals surface area contributed by atoms with E-state index in [9.17, 15) is 0 Å². The van der Waals surface area contributed by atoms with Gasteiger partial charge >= 0.3 is 6.85 Å². The molecule has 2 aliphatic heterocycles. The first-order valence-electron chi connectivity index (χ1n) is 20.1. The van der Waals surface area contributed by atoms with E-state index < -0.39 is 0 Å². The smallest absolute Gasteiger partial charge is 0.333 e. The average Bonchev–Trinajstić information content (AvgIpc) is 3.67. The molecule has 0 saturated carbocycles. The summed E-state index contributed by atoms with van der Waals surface area (Å²) in [4.78, 5) is 2.73. The minimum absolute atomic E-state index is 0.00592. The molecular weight excluding hydrogens is 675 g/mol. The number of hydrogen-bond donors (Lipinski definition) is 0. The quantitative estimate of drug-likeness (QED) is 0.162. The van der Waals surface area contributed by atoms with Crippen LogP contribution in [0, 0.1) is 0 Å². The Bertz CT molecular complexity index is 3160. The Hall–Kier alpha value is -6.32. The third kappa shape index (κ3) is 4.08. The molecule has 0 bridgehead atoms. The van der Waals surface area contributed by atoms with Gasteiger partial charge in [-0.05, 0) is 102 Å². The molecule has 0 fully saturated rings. The van der Waals surface area contributed by atoms with Crippen molar-refractivity contribution >= 4 is 61.7 Å². The van der Waals surface area contributed by atoms with Gasteiger partial charge in [-0.1, -0.05) is 156 Å². The van der Waals surface area contributed by atoms with E-state index >= 15 is 0 Å². The van der Waals surface area contributed by atoms with Gasteiger partial charge < -0.3 is 9.38 Å². The van der Waals surface area contributed by atoms with Crippen LogP contribution in [0.15, 0.2) is 158 Å². The van der Waals surface area contributed by atoms with Gasteiger partial charge in [-0.25, -0.2) is 0 Å². The van der Waals surface area contributed by atoms with Gasteiger partial charge in [-0.2, -0.15) is 0 Å². The number of benzene rings is 8. The number of aromatic nitrogens is 1. The number of anilines is 2. The molecule has 1 aromatic heterocycles. The lowest BCUT2D eigenvalue weighted by Crippen LogP contribution is -2.60. The van der Waals surface area contributed by atoms with Crippen molar-refractivity contribution in [3.8, 4) is 39.1 Å². The molecule has 0 saturated heterocycles. The van der Waals surface area contributed by atoms with E-state index in [0.717, 1.165) is 0 Å². The summed E-state index contributed by atoms with van der Waals surface area (Å²) in [6.45, 7) is 11.7. The van der Waals surface area contributed by atoms with Crippen molar-refractivity contribution in [1.82, 2.24) is 4.57 Å². The standard InChI is InChI=1S/C53H41BN2/c1-52(2,3)34-26-27-46(39(29-34)32-16-7-6-8-17-32)56-47-31-40-36-20-11-13-23-42(36)53(4,5)43(40)30-41(47)49-35-19-10-9-18-33(35)28-48-50(49)54(56)44-24-15-22-38-37-21-12-14-25-45(37)55(48)51(38)44/h6-31H,1-5H3. The SMILES string of the molecule is CC(C)(C)c1ccc(N2B3c4c(cc5ccccc5c4-c4cc5c(cc42)-c2ccccc2C5(C)C)-n2c4ccccc4c4cccc3c42)c(-c2ccccc2)c1. The van der Waals surface area contributed by atoms with Crippen molar-refractivity contribution in [2.45, 2.75) is 45.4 Å². The lowest BCUT2D eigenvalue weighted by molar-refractivity contribution is 0.590. The Labute approximate surface area is 328 Å². The van der Waals surface area contributed by atoms with E-state index in [1.54, 1.807) is 0 Å². The molecule has 3 aliphatic rings. The second-order valence-electron chi connectivity index (χ2n) is 17.7. The predicted octanol–water partition coefficient (Wildman–Crippen LogP) is 12.4. The molecule has 0 atom stereocenters. The highest BCUT2D eigenvalue weighted by Gasteiger charge is 2.47. The maximum absolute atomic E-state index is 2.73. The van der Waals surface area contributed by atoms with Crippen molar-refractivity contribution in [2.75, 3.05) is 4.81 Å². The summed E-state index contributed by atoms with van der Waals surface area (Å²) in [6, 6.07) is 60.1. The zero-order chi connectivity index (χ0) is 37.7. The lowest BCUT2D eigenvalue weighted by atomic mass is 9.43. The van der Waals surface area contributed by atoms with E-state index in [1.165, 1.54) is 111 Å². The highest BCUT2D eigenvalue weighted by atomic mass is 15.1. The van der Waals surface area contributed by atoms with Gasteiger partial charge in [0.25, 0.3) is 0 Å². The molecule has 3 heterocycles. The Morgan fingerprint density at radius 2 is 1.25 bits per heavy atom. The van der Waals surface area contributed by atoms with Gasteiger partial charge in [0.1, 0.15) is 0 Å². The monoisotopic (exact) mass is 716 g/mol. The molecule has 56 heavy (non-hydrogen) atoms. The van der Waals surface area contributed by atoms with Gasteiger partial charge in [0.2, 0.25) is 0 Å². The van der Waals surface area contributed by atoms with Gasteiger partial charge in [0.05, 0.1) is 11.0 Å². The molecule has 3 heteroatoms. The summed E-state index contributed by atoms with van der Waals surface area (Å²) in [5, 5.41) is 5.18. The second kappa shape index (κ2) is 10.9. The van der Waals surface area contributed by atoms with Crippen molar-refractivity contribution in [1.29, 1.82) is 0 Å². The first kappa shape index (κ1) is 32.0. The fraction of sp³-hybridized carbons (Fsp3) is 0.132. The summed E-state index contributed by atoms with van der Waals surface area (Å²) >= 11 is 0. The van der Waals surface area contributed by atoms with Crippen molar-refractivity contribution in [3.05, 3.63) is 174 Å². The van der Waals surface area contributed by atoms with Crippen LogP contribution in [-0.2, 0) is 10.8 Å². The van der Waals surface area contributed by atoms with Crippen LogP contribution in [0.1, 0.15) is 51.3 Å². The Kier molecular flexibility index (Phi) is 6.24. The fourth-order valence-electron chi connectivity index (χ4n) is 10.6. The van der Waals surface area contributed by atoms with Crippen LogP contribution in [0.25, 0.3) is 71.6 Å². The molecule has 0 N–H and O–H groups in total. The van der Waals surface area contributed by atoms with Gasteiger partial charge in [-0.3, -0.25) is 0 Å². The van der Waals surface area contributed by atoms with Gasteiger partial charge in [0, 0.05) is 44.4 Å². The molecule has 0 spiro atoms. The molecule has 12 rings (SSSR count). The summed E-state index contributed by atoms with van der Waals surface area (Å²) in [5.41, 5.74) is 20.9. The normalized spacial score (nSPS) is 14.6. The maximum Gasteiger partial charge on any atom is 0.333 e. The molecule has 0 unspecified atom stereocenters. The van der Waals surface area contributed by atoms with Crippen LogP contribution in [0.2, 0.25) is 0 Å². The number of fused-ring (bicyclic) bond motifs is 12. The zero-order valence-corrected chi connectivity index (χ0v) is 32.5. The van der Waals surface area contributed by atoms with Crippen LogP contribution in [0.3, 0.4) is 0 Å². The van der Waals surface area contributed by atoms with Gasteiger partial charge in [0.15, 0.2) is 0 Å². The summed E-state index contributed by atoms with van der Waals surface area (Å²) in [5.74, 6) is 0. The van der Waals surface area contributed by atoms with Crippen molar-refractivity contribution in [2.24, 2.45) is 0 Å². The highest BCUT2D eigenvalue weighted by Crippen LogP contribution is 2.55. The zero-order valence-electron chi connectivity index (χ0n) is 32.5. The largest absolute Gasteiger partial charge is 0.376 e. The molecule has 0 amide bonds. The lowest BCUT2D eigenvalue weighted by Gasteiger charge is -2.44. The molecule has 0 radical (unpaired) electrons. The molecule has 266 valence electrons. The minimum Gasteiger partial charge on any atom is -0.376 e. The minimum atomic E-state index is -0.133. The van der Waals surface area contributed by atoms with Crippen LogP contribution in [0.5, 0.6) is 0 Å². The molecule has 2 nitrogen and oxygen atoms in total. The van der Waals surface area contributed by atoms with Crippen molar-refractivity contribution in [3.63, 3.8) is 0 Å². The van der Waals surface area contributed by atoms with E-state index in [4.69, 9.17) is 0 Å². The van der Waals surface area contributed by atoms with Crippen LogP contribution in [-0.4, -0.2) is 11.4 Å². The van der Waals surface area contributed by atoms with E-state index in [-0.39, 0.29) is 17.7 Å². The predicted molar refractivity (Wildman–Crippen MR) is 239 cm³/mol. The van der Waals surface area contributed by atoms with Crippen LogP contribution in [0.4, 0.5) is 11.4 Å². The number of rotatable bonds is 2. The number of hydrogen-bond acceptors (Lipinski definition) is 1. The summed E-state index contributed by atoms with van der Waals surface area (Å²) in [7, 11) is 0. The number of nitrogens with zero attached hydrogens (tertiary/aromatic N) is 2. The Balaban J connectivity index is 1.29. The third-order valence-corrected chi connectivity index (χ3v) is 13.3. The molecule has 1 aliphatic carbocycles. The molecule has 8 aromatic carbocycles. The van der Waals surface area contributed by atoms with E-state index in [0.29, 0.717) is 0 Å². The summed E-state index contributed by atoms with van der Waals surface area (Å²) < 4.78 is 2.58. The topological polar surface area (TPSA) is 8.17 Å². The maximum atomic E-state index is 2.73. The Morgan fingerprint density at radius 3 is 2.09 bits per heavy atom.